The number of nitrogens with one attached hydrogen (secondary N) is 1. The summed E-state index contributed by atoms with van der Waals surface area (Å²) in [6.07, 6.45) is 0.997. The van der Waals surface area contributed by atoms with Crippen LogP contribution in [0.1, 0.15) is 13.3 Å². The van der Waals surface area contributed by atoms with E-state index in [1.54, 1.807) is 6.07 Å². The van der Waals surface area contributed by atoms with Gasteiger partial charge in [-0.15, -0.1) is 0 Å². The van der Waals surface area contributed by atoms with E-state index in [4.69, 9.17) is 34.8 Å². The fraction of sp³-hybridized carbons (Fsp3) is 0.214. The Morgan fingerprint density at radius 1 is 1.15 bits per heavy atom. The van der Waals surface area contributed by atoms with Crippen molar-refractivity contribution in [2.45, 2.75) is 23.3 Å². The zero-order valence-corrected chi connectivity index (χ0v) is 13.9. The van der Waals surface area contributed by atoms with Crippen LogP contribution >= 0.6 is 46.6 Å². The van der Waals surface area contributed by atoms with Crippen LogP contribution < -0.4 is 5.32 Å². The SMILES string of the molecule is CCCNc1nc(Sc2cccc(Cl)c2)c(Cl)cc1Cl. The highest BCUT2D eigenvalue weighted by Gasteiger charge is 2.10. The van der Waals surface area contributed by atoms with Gasteiger partial charge >= 0.3 is 0 Å². The van der Waals surface area contributed by atoms with Gasteiger partial charge in [-0.3, -0.25) is 0 Å². The van der Waals surface area contributed by atoms with Gasteiger partial charge in [-0.1, -0.05) is 59.6 Å². The maximum atomic E-state index is 6.20. The van der Waals surface area contributed by atoms with Crippen LogP contribution in [0.3, 0.4) is 0 Å². The molecule has 2 rings (SSSR count). The standard InChI is InChI=1S/C14H13Cl3N2S/c1-2-6-18-13-11(16)8-12(17)14(19-13)20-10-5-3-4-9(15)7-10/h3-5,7-8H,2,6H2,1H3,(H,18,19). The molecule has 0 spiro atoms. The summed E-state index contributed by atoms with van der Waals surface area (Å²) in [7, 11) is 0. The van der Waals surface area contributed by atoms with Crippen LogP contribution in [-0.2, 0) is 0 Å². The zero-order chi connectivity index (χ0) is 14.5. The summed E-state index contributed by atoms with van der Waals surface area (Å²) in [5.41, 5.74) is 0. The molecule has 106 valence electrons. The minimum Gasteiger partial charge on any atom is -0.369 e. The summed E-state index contributed by atoms with van der Waals surface area (Å²) < 4.78 is 0. The van der Waals surface area contributed by atoms with E-state index in [0.717, 1.165) is 17.9 Å². The average molecular weight is 348 g/mol. The second-order valence-corrected chi connectivity index (χ2v) is 6.41. The molecule has 2 nitrogen and oxygen atoms in total. The van der Waals surface area contributed by atoms with Gasteiger partial charge in [-0.05, 0) is 30.7 Å². The molecule has 0 saturated heterocycles. The summed E-state index contributed by atoms with van der Waals surface area (Å²) >= 11 is 19.8. The maximum Gasteiger partial charge on any atom is 0.146 e. The van der Waals surface area contributed by atoms with Gasteiger partial charge in [-0.25, -0.2) is 4.98 Å². The molecule has 0 saturated carbocycles. The third kappa shape index (κ3) is 4.19. The molecule has 0 aliphatic rings. The molecule has 0 unspecified atom stereocenters. The molecule has 0 radical (unpaired) electrons. The lowest BCUT2D eigenvalue weighted by Crippen LogP contribution is -2.03. The fourth-order valence-corrected chi connectivity index (χ4v) is 3.18. The topological polar surface area (TPSA) is 24.9 Å². The molecule has 1 aromatic heterocycles. The van der Waals surface area contributed by atoms with Gasteiger partial charge in [0.05, 0.1) is 10.0 Å². The first-order valence-corrected chi connectivity index (χ1v) is 8.08. The van der Waals surface area contributed by atoms with Crippen LogP contribution in [0.25, 0.3) is 0 Å². The average Bonchev–Trinajstić information content (AvgIpc) is 2.40. The number of aromatic nitrogens is 1. The number of halogens is 3. The van der Waals surface area contributed by atoms with Crippen molar-refractivity contribution in [3.05, 3.63) is 45.4 Å². The van der Waals surface area contributed by atoms with E-state index in [9.17, 15) is 0 Å². The highest BCUT2D eigenvalue weighted by atomic mass is 35.5. The number of pyridine rings is 1. The normalized spacial score (nSPS) is 10.6. The largest absolute Gasteiger partial charge is 0.369 e. The third-order valence-corrected chi connectivity index (χ3v) is 4.37. The van der Waals surface area contributed by atoms with Crippen LogP contribution in [-0.4, -0.2) is 11.5 Å². The van der Waals surface area contributed by atoms with Crippen molar-refractivity contribution < 1.29 is 0 Å². The van der Waals surface area contributed by atoms with E-state index in [-0.39, 0.29) is 0 Å². The van der Waals surface area contributed by atoms with E-state index < -0.39 is 0 Å². The molecule has 6 heteroatoms. The zero-order valence-electron chi connectivity index (χ0n) is 10.8. The van der Waals surface area contributed by atoms with Crippen molar-refractivity contribution >= 4 is 52.4 Å². The Morgan fingerprint density at radius 3 is 2.65 bits per heavy atom. The summed E-state index contributed by atoms with van der Waals surface area (Å²) in [6, 6.07) is 9.27. The predicted molar refractivity (Wildman–Crippen MR) is 88.6 cm³/mol. The lowest BCUT2D eigenvalue weighted by Gasteiger charge is -2.10. The summed E-state index contributed by atoms with van der Waals surface area (Å²) in [5.74, 6) is 0.655. The van der Waals surface area contributed by atoms with Crippen molar-refractivity contribution in [1.29, 1.82) is 0 Å². The van der Waals surface area contributed by atoms with Crippen molar-refractivity contribution in [3.63, 3.8) is 0 Å². The first-order valence-electron chi connectivity index (χ1n) is 6.13. The Balaban J connectivity index is 2.26. The fourth-order valence-electron chi connectivity index (χ4n) is 1.53. The van der Waals surface area contributed by atoms with Crippen LogP contribution in [0.15, 0.2) is 40.3 Å². The minimum atomic E-state index is 0.527. The van der Waals surface area contributed by atoms with Crippen molar-refractivity contribution in [2.24, 2.45) is 0 Å². The molecule has 0 atom stereocenters. The van der Waals surface area contributed by atoms with Gasteiger partial charge in [0.25, 0.3) is 0 Å². The molecule has 1 N–H and O–H groups in total. The van der Waals surface area contributed by atoms with Crippen LogP contribution in [0.2, 0.25) is 15.1 Å². The Morgan fingerprint density at radius 2 is 1.95 bits per heavy atom. The molecule has 0 fully saturated rings. The molecule has 1 heterocycles. The lowest BCUT2D eigenvalue weighted by atomic mass is 10.4. The second-order valence-electron chi connectivity index (χ2n) is 4.09. The summed E-state index contributed by atoms with van der Waals surface area (Å²) in [5, 5.41) is 5.63. The molecule has 2 aromatic rings. The van der Waals surface area contributed by atoms with Crippen LogP contribution in [0.5, 0.6) is 0 Å². The number of hydrogen-bond acceptors (Lipinski definition) is 3. The predicted octanol–water partition coefficient (Wildman–Crippen LogP) is 6.01. The van der Waals surface area contributed by atoms with Crippen molar-refractivity contribution in [1.82, 2.24) is 4.98 Å². The van der Waals surface area contributed by atoms with E-state index >= 15 is 0 Å². The summed E-state index contributed by atoms with van der Waals surface area (Å²) in [6.45, 7) is 2.90. The smallest absolute Gasteiger partial charge is 0.146 e. The van der Waals surface area contributed by atoms with Gasteiger partial charge in [-0.2, -0.15) is 0 Å². The number of rotatable bonds is 5. The molecule has 20 heavy (non-hydrogen) atoms. The first-order chi connectivity index (χ1) is 9.60. The molecular formula is C14H13Cl3N2S. The molecule has 0 aliphatic heterocycles. The Kier molecular flexibility index (Phi) is 5.85. The van der Waals surface area contributed by atoms with Crippen LogP contribution in [0.4, 0.5) is 5.82 Å². The molecule has 0 bridgehead atoms. The van der Waals surface area contributed by atoms with E-state index in [0.29, 0.717) is 25.9 Å². The van der Waals surface area contributed by atoms with Gasteiger partial charge in [0, 0.05) is 16.5 Å². The Hall–Kier alpha value is -0.610. The van der Waals surface area contributed by atoms with Crippen LogP contribution in [0, 0.1) is 0 Å². The Labute approximate surface area is 137 Å². The summed E-state index contributed by atoms with van der Waals surface area (Å²) in [4.78, 5) is 5.46. The highest BCUT2D eigenvalue weighted by Crippen LogP contribution is 2.36. The molecular weight excluding hydrogens is 335 g/mol. The molecule has 0 amide bonds. The molecule has 0 aliphatic carbocycles. The minimum absolute atomic E-state index is 0.527. The van der Waals surface area contributed by atoms with Crippen molar-refractivity contribution in [2.75, 3.05) is 11.9 Å². The number of hydrogen-bond donors (Lipinski definition) is 1. The van der Waals surface area contributed by atoms with Gasteiger partial charge in [0.2, 0.25) is 0 Å². The first kappa shape index (κ1) is 15.8. The van der Waals surface area contributed by atoms with Crippen molar-refractivity contribution in [3.8, 4) is 0 Å². The lowest BCUT2D eigenvalue weighted by molar-refractivity contribution is 0.960. The van der Waals surface area contributed by atoms with Gasteiger partial charge < -0.3 is 5.32 Å². The monoisotopic (exact) mass is 346 g/mol. The number of anilines is 1. The second kappa shape index (κ2) is 7.41. The quantitative estimate of drug-likeness (QED) is 0.716. The van der Waals surface area contributed by atoms with Gasteiger partial charge in [0.15, 0.2) is 0 Å². The van der Waals surface area contributed by atoms with Gasteiger partial charge in [0.1, 0.15) is 10.8 Å². The maximum absolute atomic E-state index is 6.20. The molecule has 1 aromatic carbocycles. The van der Waals surface area contributed by atoms with E-state index in [1.165, 1.54) is 11.8 Å². The highest BCUT2D eigenvalue weighted by molar-refractivity contribution is 7.99. The van der Waals surface area contributed by atoms with E-state index in [1.807, 2.05) is 24.3 Å². The third-order valence-electron chi connectivity index (χ3n) is 2.45. The number of nitrogens with zero attached hydrogens (tertiary/aromatic N) is 1. The Bertz CT molecular complexity index is 605. The number of benzene rings is 1. The van der Waals surface area contributed by atoms with E-state index in [2.05, 4.69) is 17.2 Å².